The Kier molecular flexibility index (Phi) is 2.33. The van der Waals surface area contributed by atoms with Crippen LogP contribution in [0.4, 0.5) is 0 Å². The van der Waals surface area contributed by atoms with E-state index in [1.54, 1.807) is 0 Å². The zero-order valence-electron chi connectivity index (χ0n) is 10.2. The number of fused-ring (bicyclic) bond motifs is 3. The number of aliphatic carboxylic acids is 2. The maximum atomic E-state index is 11.2. The van der Waals surface area contributed by atoms with E-state index in [0.717, 1.165) is 39.3 Å². The fourth-order valence-electron chi connectivity index (χ4n) is 2.98. The van der Waals surface area contributed by atoms with Crippen LogP contribution in [0.5, 0.6) is 0 Å². The number of carboxylic acids is 2. The van der Waals surface area contributed by atoms with Crippen LogP contribution in [-0.2, 0) is 9.59 Å². The van der Waals surface area contributed by atoms with Crippen molar-refractivity contribution in [3.05, 3.63) is 0 Å². The van der Waals surface area contributed by atoms with Crippen molar-refractivity contribution in [2.45, 2.75) is 0 Å². The quantitative estimate of drug-likeness (QED) is 0.597. The Balaban J connectivity index is 1.99. The van der Waals surface area contributed by atoms with E-state index in [9.17, 15) is 9.59 Å². The minimum Gasteiger partial charge on any atom is -0.477 e. The molecule has 3 aliphatic rings. The summed E-state index contributed by atoms with van der Waals surface area (Å²) < 4.78 is 7.90. The van der Waals surface area contributed by atoms with Gasteiger partial charge in [0.15, 0.2) is 13.1 Å². The molecule has 0 amide bonds. The summed E-state index contributed by atoms with van der Waals surface area (Å²) in [6.45, 7) is 5.26. The molecule has 0 aliphatic carbocycles. The number of piperazine rings is 3. The lowest BCUT2D eigenvalue weighted by Gasteiger charge is -2.54. The van der Waals surface area contributed by atoms with Gasteiger partial charge in [-0.15, -0.1) is 0 Å². The number of hydrogen-bond acceptors (Lipinski definition) is 3. The van der Waals surface area contributed by atoms with Crippen molar-refractivity contribution in [2.75, 3.05) is 52.4 Å². The number of carbonyl (C=O) groups is 2. The molecular formula is C10H18N2O4+2. The maximum Gasteiger partial charge on any atom is 0.359 e. The molecule has 0 unspecified atom stereocenters. The normalized spacial score (nSPS) is 37.9. The molecule has 3 rings (SSSR count). The van der Waals surface area contributed by atoms with Crippen molar-refractivity contribution in [2.24, 2.45) is 0 Å². The second-order valence-corrected chi connectivity index (χ2v) is 5.11. The first-order valence-electron chi connectivity index (χ1n) is 5.98. The van der Waals surface area contributed by atoms with Crippen LogP contribution in [0.1, 0.15) is 0 Å². The monoisotopic (exact) mass is 231 g/mol. The molecule has 2 N–H and O–H groups in total. The van der Waals surface area contributed by atoms with E-state index in [-0.39, 0.29) is 13.1 Å². The van der Waals surface area contributed by atoms with Crippen molar-refractivity contribution in [1.82, 2.24) is 0 Å². The minimum atomic E-state index is -0.752. The van der Waals surface area contributed by atoms with Gasteiger partial charge in [-0.3, -0.25) is 0 Å². The predicted molar refractivity (Wildman–Crippen MR) is 54.7 cm³/mol. The topological polar surface area (TPSA) is 74.6 Å². The molecular weight excluding hydrogens is 212 g/mol. The van der Waals surface area contributed by atoms with Gasteiger partial charge in [-0.1, -0.05) is 0 Å². The minimum absolute atomic E-state index is 0.183. The highest BCUT2D eigenvalue weighted by atomic mass is 16.4. The van der Waals surface area contributed by atoms with Gasteiger partial charge in [0.1, 0.15) is 39.3 Å². The van der Waals surface area contributed by atoms with Gasteiger partial charge in [-0.05, 0) is 0 Å². The highest BCUT2D eigenvalue weighted by molar-refractivity contribution is 5.68. The summed E-state index contributed by atoms with van der Waals surface area (Å²) in [6.07, 6.45) is 0. The van der Waals surface area contributed by atoms with Crippen LogP contribution in [0.15, 0.2) is 0 Å². The SMILES string of the molecule is [2H]OC(=O)C[N+]12CC[N+](CC(=O)O)(CC1)CC2. The number of quaternary nitrogens is 2. The first-order chi connectivity index (χ1) is 7.99. The zero-order chi connectivity index (χ0) is 12.5. The molecule has 16 heavy (non-hydrogen) atoms. The molecule has 6 nitrogen and oxygen atoms in total. The van der Waals surface area contributed by atoms with Crippen molar-refractivity contribution < 1.29 is 28.8 Å². The summed E-state index contributed by atoms with van der Waals surface area (Å²) in [5, 5.41) is 12.9. The molecule has 3 fully saturated rings. The molecule has 0 saturated carbocycles. The Morgan fingerprint density at radius 3 is 1.62 bits per heavy atom. The molecule has 0 radical (unpaired) electrons. The van der Waals surface area contributed by atoms with Gasteiger partial charge >= 0.3 is 11.9 Å². The van der Waals surface area contributed by atoms with Gasteiger partial charge in [0.2, 0.25) is 0 Å². The third-order valence-corrected chi connectivity index (χ3v) is 4.08. The highest BCUT2D eigenvalue weighted by Gasteiger charge is 2.50. The molecule has 0 atom stereocenters. The number of hydrogen-bond donors (Lipinski definition) is 2. The second-order valence-electron chi connectivity index (χ2n) is 5.11. The van der Waals surface area contributed by atoms with Gasteiger partial charge in [0.05, 0.1) is 0 Å². The fraction of sp³-hybridized carbons (Fsp3) is 0.800. The van der Waals surface area contributed by atoms with Crippen molar-refractivity contribution in [1.29, 1.82) is 1.43 Å². The summed E-state index contributed by atoms with van der Waals surface area (Å²) in [6, 6.07) is 0. The van der Waals surface area contributed by atoms with E-state index >= 15 is 0 Å². The summed E-state index contributed by atoms with van der Waals surface area (Å²) in [5.74, 6) is -1.25. The van der Waals surface area contributed by atoms with Crippen LogP contribution in [0.25, 0.3) is 1.43 Å². The Bertz CT molecular complexity index is 323. The molecule has 3 heterocycles. The average Bonchev–Trinajstić information content (AvgIpc) is 2.30. The summed E-state index contributed by atoms with van der Waals surface area (Å²) in [4.78, 5) is 22.0. The van der Waals surface area contributed by atoms with Crippen LogP contribution < -0.4 is 0 Å². The second kappa shape index (κ2) is 3.71. The lowest BCUT2D eigenvalue weighted by molar-refractivity contribution is -1.07. The smallest absolute Gasteiger partial charge is 0.359 e. The molecule has 6 heteroatoms. The number of rotatable bonds is 4. The third kappa shape index (κ3) is 2.03. The largest absolute Gasteiger partial charge is 0.477 e. The molecule has 90 valence electrons. The van der Waals surface area contributed by atoms with Crippen LogP contribution in [0, 0.1) is 0 Å². The van der Waals surface area contributed by atoms with E-state index in [4.69, 9.17) is 6.54 Å². The van der Waals surface area contributed by atoms with E-state index in [2.05, 4.69) is 5.11 Å². The lowest BCUT2D eigenvalue weighted by Crippen LogP contribution is -2.76. The van der Waals surface area contributed by atoms with Crippen LogP contribution >= 0.6 is 0 Å². The van der Waals surface area contributed by atoms with E-state index in [1.807, 2.05) is 0 Å². The Labute approximate surface area is 95.4 Å². The van der Waals surface area contributed by atoms with Gasteiger partial charge in [-0.2, -0.15) is 0 Å². The molecule has 0 aromatic carbocycles. The average molecular weight is 231 g/mol. The first-order valence-corrected chi connectivity index (χ1v) is 5.57. The van der Waals surface area contributed by atoms with Crippen LogP contribution in [0.2, 0.25) is 0 Å². The van der Waals surface area contributed by atoms with Gasteiger partial charge in [-0.25, -0.2) is 9.59 Å². The molecule has 0 spiro atoms. The summed E-state index contributed by atoms with van der Waals surface area (Å²) in [7, 11) is 0. The third-order valence-electron chi connectivity index (χ3n) is 4.08. The molecule has 0 aromatic rings. The van der Waals surface area contributed by atoms with Gasteiger partial charge in [0, 0.05) is 0 Å². The summed E-state index contributed by atoms with van der Waals surface area (Å²) in [5.41, 5.74) is 0. The van der Waals surface area contributed by atoms with Crippen molar-refractivity contribution in [3.63, 3.8) is 0 Å². The van der Waals surface area contributed by atoms with Crippen LogP contribution in [0.3, 0.4) is 0 Å². The predicted octanol–water partition coefficient (Wildman–Crippen LogP) is -1.18. The standard InChI is InChI=1S/C10H16N2O4/c13-9(14)7-11-1-2-12(5-3-11,6-4-11)8-10(15)16/h1-8H2/p+2/i/hD. The molecule has 3 saturated heterocycles. The van der Waals surface area contributed by atoms with Crippen molar-refractivity contribution in [3.8, 4) is 0 Å². The molecule has 2 bridgehead atoms. The molecule has 3 aliphatic heterocycles. The number of carboxylic acid groups (broad SMARTS) is 2. The Morgan fingerprint density at radius 1 is 0.938 bits per heavy atom. The highest BCUT2D eigenvalue weighted by Crippen LogP contribution is 2.26. The maximum absolute atomic E-state index is 11.2. The Morgan fingerprint density at radius 2 is 1.31 bits per heavy atom. The zero-order valence-corrected chi connectivity index (χ0v) is 9.22. The van der Waals surface area contributed by atoms with Gasteiger partial charge in [0.25, 0.3) is 1.43 Å². The lowest BCUT2D eigenvalue weighted by atomic mass is 10.1. The first kappa shape index (κ1) is 10.0. The molecule has 0 aromatic heterocycles. The van der Waals surface area contributed by atoms with E-state index in [1.165, 1.54) is 0 Å². The number of nitrogens with zero attached hydrogens (tertiary/aromatic N) is 2. The fourth-order valence-corrected chi connectivity index (χ4v) is 2.98. The van der Waals surface area contributed by atoms with E-state index < -0.39 is 11.9 Å². The van der Waals surface area contributed by atoms with E-state index in [0.29, 0.717) is 8.97 Å². The Hall–Kier alpha value is -1.14. The van der Waals surface area contributed by atoms with Crippen molar-refractivity contribution >= 4 is 11.9 Å². The van der Waals surface area contributed by atoms with Gasteiger partial charge < -0.3 is 19.2 Å². The van der Waals surface area contributed by atoms with Crippen LogP contribution in [-0.4, -0.2) is 83.5 Å². The summed E-state index contributed by atoms with van der Waals surface area (Å²) >= 11 is 0.